The van der Waals surface area contributed by atoms with Crippen molar-refractivity contribution in [2.24, 2.45) is 16.1 Å². The lowest BCUT2D eigenvalue weighted by Gasteiger charge is -1.92. The molecule has 0 aliphatic heterocycles. The Morgan fingerprint density at radius 2 is 2.43 bits per heavy atom. The normalized spacial score (nSPS) is 10.3. The Morgan fingerprint density at radius 1 is 1.71 bits per heavy atom. The van der Waals surface area contributed by atoms with Gasteiger partial charge >= 0.3 is 6.09 Å². The van der Waals surface area contributed by atoms with E-state index in [-0.39, 0.29) is 5.95 Å². The molecule has 0 atom stereocenters. The van der Waals surface area contributed by atoms with Crippen LogP contribution in [-0.2, 0) is 0 Å². The molecule has 0 aliphatic rings. The Bertz CT molecular complexity index is 379. The predicted molar refractivity (Wildman–Crippen MR) is 40.8 cm³/mol. The van der Waals surface area contributed by atoms with Gasteiger partial charge in [-0.2, -0.15) is 0 Å². The Morgan fingerprint density at radius 3 is 3.00 bits per heavy atom. The Kier molecular flexibility index (Phi) is 2.63. The number of nitrogens with two attached hydrogens (primary N) is 1. The van der Waals surface area contributed by atoms with Crippen molar-refractivity contribution in [2.75, 3.05) is 0 Å². The first kappa shape index (κ1) is 9.50. The highest BCUT2D eigenvalue weighted by molar-refractivity contribution is 5.73. The van der Waals surface area contributed by atoms with E-state index in [0.29, 0.717) is 4.68 Å². The van der Waals surface area contributed by atoms with Gasteiger partial charge in [0.05, 0.1) is 0 Å². The lowest BCUT2D eigenvalue weighted by Crippen LogP contribution is -2.24. The molecule has 1 rings (SSSR count). The van der Waals surface area contributed by atoms with E-state index in [1.165, 1.54) is 0 Å². The van der Waals surface area contributed by atoms with Crippen LogP contribution in [0.4, 0.5) is 10.7 Å². The van der Waals surface area contributed by atoms with E-state index in [9.17, 15) is 4.79 Å². The van der Waals surface area contributed by atoms with E-state index in [1.54, 1.807) is 0 Å². The number of tetrazole rings is 1. The van der Waals surface area contributed by atoms with Crippen molar-refractivity contribution in [3.05, 3.63) is 0 Å². The number of hydrogen-bond donors (Lipinski definition) is 4. The predicted octanol–water partition coefficient (Wildman–Crippen LogP) is -1.32. The zero-order valence-corrected chi connectivity index (χ0v) is 6.62. The van der Waals surface area contributed by atoms with Crippen molar-refractivity contribution in [2.45, 2.75) is 0 Å². The van der Waals surface area contributed by atoms with Crippen LogP contribution < -0.4 is 11.2 Å². The molecule has 0 radical (unpaired) electrons. The van der Waals surface area contributed by atoms with Gasteiger partial charge in [-0.3, -0.25) is 5.41 Å². The Balaban J connectivity index is 2.76. The molecule has 74 valence electrons. The highest BCUT2D eigenvalue weighted by Crippen LogP contribution is 2.02. The highest BCUT2D eigenvalue weighted by atomic mass is 16.4. The molecule has 1 heterocycles. The summed E-state index contributed by atoms with van der Waals surface area (Å²) in [6.07, 6.45) is -1.40. The average Bonchev–Trinajstić information content (AvgIpc) is 2.51. The minimum Gasteiger partial charge on any atom is -0.463 e. The second-order valence-corrected chi connectivity index (χ2v) is 1.90. The lowest BCUT2D eigenvalue weighted by atomic mass is 11.0. The van der Waals surface area contributed by atoms with Gasteiger partial charge in [-0.15, -0.1) is 4.68 Å². The van der Waals surface area contributed by atoms with E-state index in [4.69, 9.17) is 16.2 Å². The van der Waals surface area contributed by atoms with E-state index in [1.807, 2.05) is 5.43 Å². The van der Waals surface area contributed by atoms with Gasteiger partial charge in [0.15, 0.2) is 0 Å². The Hall–Kier alpha value is -2.59. The van der Waals surface area contributed by atoms with Crippen LogP contribution in [0.15, 0.2) is 10.3 Å². The van der Waals surface area contributed by atoms with Crippen molar-refractivity contribution in [1.29, 1.82) is 5.41 Å². The zero-order chi connectivity index (χ0) is 10.6. The summed E-state index contributed by atoms with van der Waals surface area (Å²) in [5.41, 5.74) is 6.84. The number of rotatable bonds is 2. The molecule has 11 heteroatoms. The molecule has 0 fully saturated rings. The van der Waals surface area contributed by atoms with Gasteiger partial charge < -0.3 is 10.8 Å². The third kappa shape index (κ3) is 2.20. The highest BCUT2D eigenvalue weighted by Gasteiger charge is 2.10. The molecule has 5 N–H and O–H groups in total. The van der Waals surface area contributed by atoms with E-state index in [0.717, 1.165) is 0 Å². The number of nitrogens with zero attached hydrogens (tertiary/aromatic N) is 6. The second kappa shape index (κ2) is 3.88. The van der Waals surface area contributed by atoms with Crippen molar-refractivity contribution >= 4 is 18.0 Å². The monoisotopic (exact) mass is 199 g/mol. The summed E-state index contributed by atoms with van der Waals surface area (Å²) >= 11 is 0. The first-order valence-corrected chi connectivity index (χ1v) is 3.13. The molecule has 0 aromatic carbocycles. The third-order valence-corrected chi connectivity index (χ3v) is 0.944. The lowest BCUT2D eigenvalue weighted by molar-refractivity contribution is 0.192. The fraction of sp³-hybridized carbons (Fsp3) is 0. The molecule has 0 amide bonds. The molecule has 0 unspecified atom stereocenters. The molecule has 0 aliphatic carbocycles. The number of carbonyl (C=O) groups is 1. The molecule has 0 saturated heterocycles. The Labute approximate surface area is 76.1 Å². The second-order valence-electron chi connectivity index (χ2n) is 1.90. The van der Waals surface area contributed by atoms with Crippen LogP contribution in [0.1, 0.15) is 0 Å². The summed E-state index contributed by atoms with van der Waals surface area (Å²) in [6.45, 7) is 0. The van der Waals surface area contributed by atoms with Crippen molar-refractivity contribution in [3.63, 3.8) is 0 Å². The van der Waals surface area contributed by atoms with Gasteiger partial charge in [-0.1, -0.05) is 15.4 Å². The number of nitrogens with one attached hydrogen (secondary N) is 2. The molecule has 14 heavy (non-hydrogen) atoms. The fourth-order valence-electron chi connectivity index (χ4n) is 0.492. The minimum atomic E-state index is -1.40. The molecular formula is C3H5N9O2. The molecule has 0 spiro atoms. The summed E-state index contributed by atoms with van der Waals surface area (Å²) < 4.78 is 0.408. The van der Waals surface area contributed by atoms with Crippen LogP contribution >= 0.6 is 0 Å². The van der Waals surface area contributed by atoms with Gasteiger partial charge in [0.25, 0.3) is 5.95 Å². The summed E-state index contributed by atoms with van der Waals surface area (Å²) in [7, 11) is 0. The maximum atomic E-state index is 10.4. The average molecular weight is 199 g/mol. The standard InChI is InChI=1S/C3H5N9O2/c4-1(5)6-9-7-2-8-10-11-12(2)3(13)14/h(H,13,14)(H4,4,5,6,7,8,11). The maximum Gasteiger partial charge on any atom is 0.437 e. The van der Waals surface area contributed by atoms with Crippen LogP contribution in [0.5, 0.6) is 0 Å². The smallest absolute Gasteiger partial charge is 0.437 e. The maximum absolute atomic E-state index is 10.4. The fourth-order valence-corrected chi connectivity index (χ4v) is 0.492. The van der Waals surface area contributed by atoms with E-state index < -0.39 is 12.1 Å². The molecule has 0 bridgehead atoms. The van der Waals surface area contributed by atoms with Gasteiger partial charge in [-0.25, -0.2) is 10.2 Å². The van der Waals surface area contributed by atoms with Crippen molar-refractivity contribution in [1.82, 2.24) is 25.6 Å². The summed E-state index contributed by atoms with van der Waals surface area (Å²) in [5, 5.41) is 31.0. The van der Waals surface area contributed by atoms with Gasteiger partial charge in [0.2, 0.25) is 5.96 Å². The number of hydrogen-bond acceptors (Lipinski definition) is 7. The summed E-state index contributed by atoms with van der Waals surface area (Å²) in [4.78, 5) is 10.4. The molecule has 11 nitrogen and oxygen atoms in total. The van der Waals surface area contributed by atoms with Crippen molar-refractivity contribution < 1.29 is 9.90 Å². The topological polar surface area (TPSA) is 168 Å². The van der Waals surface area contributed by atoms with Crippen LogP contribution in [0.25, 0.3) is 0 Å². The van der Waals surface area contributed by atoms with E-state index in [2.05, 4.69) is 25.9 Å². The van der Waals surface area contributed by atoms with Crippen LogP contribution in [0.3, 0.4) is 0 Å². The van der Waals surface area contributed by atoms with Crippen LogP contribution in [0.2, 0.25) is 0 Å². The van der Waals surface area contributed by atoms with Crippen LogP contribution in [-0.4, -0.2) is 37.4 Å². The van der Waals surface area contributed by atoms with Gasteiger partial charge in [-0.05, 0) is 10.4 Å². The quantitative estimate of drug-likeness (QED) is 0.150. The van der Waals surface area contributed by atoms with Gasteiger partial charge in [0, 0.05) is 0 Å². The van der Waals surface area contributed by atoms with Crippen molar-refractivity contribution in [3.8, 4) is 0 Å². The SMILES string of the molecule is N=C(N)NN=Nc1nnnn1C(=O)O. The third-order valence-electron chi connectivity index (χ3n) is 0.944. The summed E-state index contributed by atoms with van der Waals surface area (Å²) in [5.74, 6) is -0.783. The zero-order valence-electron chi connectivity index (χ0n) is 6.62. The number of aromatic nitrogens is 4. The van der Waals surface area contributed by atoms with Crippen LogP contribution in [0, 0.1) is 5.41 Å². The number of guanidine groups is 1. The molecule has 0 saturated carbocycles. The van der Waals surface area contributed by atoms with Gasteiger partial charge in [0.1, 0.15) is 0 Å². The molecule has 1 aromatic heterocycles. The summed E-state index contributed by atoms with van der Waals surface area (Å²) in [6, 6.07) is 0. The first-order valence-electron chi connectivity index (χ1n) is 3.13. The minimum absolute atomic E-state index is 0.341. The molecular weight excluding hydrogens is 194 g/mol. The number of carboxylic acid groups (broad SMARTS) is 1. The largest absolute Gasteiger partial charge is 0.463 e. The first-order chi connectivity index (χ1) is 6.61. The molecule has 1 aromatic rings. The van der Waals surface area contributed by atoms with E-state index >= 15 is 0 Å².